The van der Waals surface area contributed by atoms with Crippen LogP contribution >= 0.6 is 0 Å². The lowest BCUT2D eigenvalue weighted by Gasteiger charge is -2.28. The minimum Gasteiger partial charge on any atom is -0.195 e. The average molecular weight is 382 g/mol. The molecule has 0 aliphatic heterocycles. The number of hydrogen-bond acceptors (Lipinski definition) is 1. The van der Waals surface area contributed by atoms with E-state index < -0.39 is 5.83 Å². The third-order valence-electron chi connectivity index (χ3n) is 6.13. The van der Waals surface area contributed by atoms with Crippen molar-refractivity contribution in [2.24, 2.45) is 11.8 Å². The van der Waals surface area contributed by atoms with E-state index in [4.69, 9.17) is 5.26 Å². The Morgan fingerprint density at radius 3 is 2.21 bits per heavy atom. The minimum atomic E-state index is -0.720. The number of nitriles is 1. The van der Waals surface area contributed by atoms with Crippen molar-refractivity contribution in [3.63, 3.8) is 0 Å². The molecule has 0 heterocycles. The zero-order valence-corrected chi connectivity index (χ0v) is 17.5. The number of halogens is 1. The van der Waals surface area contributed by atoms with Gasteiger partial charge in [0.1, 0.15) is 6.07 Å². The lowest BCUT2D eigenvalue weighted by molar-refractivity contribution is 0.254. The number of nitrogens with zero attached hydrogens (tertiary/aromatic N) is 1. The van der Waals surface area contributed by atoms with Crippen LogP contribution in [-0.4, -0.2) is 0 Å². The highest BCUT2D eigenvalue weighted by atomic mass is 19.1. The zero-order valence-electron chi connectivity index (χ0n) is 17.5. The Morgan fingerprint density at radius 2 is 1.61 bits per heavy atom. The molecule has 1 saturated carbocycles. The van der Waals surface area contributed by atoms with Crippen LogP contribution in [0.4, 0.5) is 4.39 Å². The van der Waals surface area contributed by atoms with Gasteiger partial charge < -0.3 is 0 Å². The number of aryl methyl sites for hydroxylation is 2. The Morgan fingerprint density at radius 1 is 1.00 bits per heavy atom. The molecule has 1 fully saturated rings. The summed E-state index contributed by atoms with van der Waals surface area (Å²) < 4.78 is 12.7. The maximum atomic E-state index is 12.7. The lowest BCUT2D eigenvalue weighted by Crippen LogP contribution is -2.15. The van der Waals surface area contributed by atoms with E-state index in [1.54, 1.807) is 6.08 Å². The van der Waals surface area contributed by atoms with Crippen molar-refractivity contribution in [3.8, 4) is 6.07 Å². The van der Waals surface area contributed by atoms with Crippen LogP contribution in [0.2, 0.25) is 0 Å². The van der Waals surface area contributed by atoms with Gasteiger partial charge in [-0.15, -0.1) is 0 Å². The second-order valence-electron chi connectivity index (χ2n) is 8.33. The fourth-order valence-electron chi connectivity index (χ4n) is 4.25. The van der Waals surface area contributed by atoms with Gasteiger partial charge in [-0.1, -0.05) is 81.9 Å². The summed E-state index contributed by atoms with van der Waals surface area (Å²) in [5.74, 6) is 0.972. The molecule has 0 radical (unpaired) electrons. The lowest BCUT2D eigenvalue weighted by atomic mass is 9.78. The van der Waals surface area contributed by atoms with Gasteiger partial charge in [0.25, 0.3) is 0 Å². The third-order valence-corrected chi connectivity index (χ3v) is 6.13. The predicted molar refractivity (Wildman–Crippen MR) is 117 cm³/mol. The van der Waals surface area contributed by atoms with Gasteiger partial charge in [0.2, 0.25) is 0 Å². The SMILES string of the molecule is CCCCCc1ccc(CCC2CCC(CC/C=C/C=C(\F)C#N)CC2)cc1. The number of hydrogen-bond donors (Lipinski definition) is 0. The summed E-state index contributed by atoms with van der Waals surface area (Å²) in [7, 11) is 0. The molecule has 1 aromatic carbocycles. The maximum absolute atomic E-state index is 12.7. The van der Waals surface area contributed by atoms with Gasteiger partial charge in [-0.3, -0.25) is 0 Å². The maximum Gasteiger partial charge on any atom is 0.199 e. The Bertz CT molecular complexity index is 642. The van der Waals surface area contributed by atoms with Crippen LogP contribution < -0.4 is 0 Å². The molecule has 0 amide bonds. The fraction of sp³-hybridized carbons (Fsp3) is 0.577. The van der Waals surface area contributed by atoms with E-state index in [1.807, 2.05) is 6.08 Å². The highest BCUT2D eigenvalue weighted by Gasteiger charge is 2.20. The molecule has 1 nitrogen and oxygen atoms in total. The average Bonchev–Trinajstić information content (AvgIpc) is 2.74. The smallest absolute Gasteiger partial charge is 0.195 e. The number of unbranched alkanes of at least 4 members (excludes halogenated alkanes) is 2. The van der Waals surface area contributed by atoms with E-state index in [2.05, 4.69) is 31.2 Å². The van der Waals surface area contributed by atoms with Crippen molar-refractivity contribution >= 4 is 0 Å². The molecular weight excluding hydrogens is 345 g/mol. The van der Waals surface area contributed by atoms with Crippen LogP contribution in [0, 0.1) is 23.2 Å². The van der Waals surface area contributed by atoms with Crippen molar-refractivity contribution in [1.82, 2.24) is 0 Å². The highest BCUT2D eigenvalue weighted by Crippen LogP contribution is 2.34. The molecule has 1 aliphatic rings. The number of benzene rings is 1. The van der Waals surface area contributed by atoms with Crippen LogP contribution in [0.15, 0.2) is 48.3 Å². The molecule has 0 unspecified atom stereocenters. The summed E-state index contributed by atoms with van der Waals surface area (Å²) in [5, 5.41) is 8.36. The van der Waals surface area contributed by atoms with Crippen molar-refractivity contribution in [3.05, 3.63) is 59.4 Å². The molecule has 0 spiro atoms. The molecular formula is C26H36FN. The molecule has 2 heteroatoms. The number of rotatable bonds is 11. The third kappa shape index (κ3) is 8.87. The van der Waals surface area contributed by atoms with Crippen molar-refractivity contribution < 1.29 is 4.39 Å². The van der Waals surface area contributed by atoms with Gasteiger partial charge >= 0.3 is 0 Å². The molecule has 0 N–H and O–H groups in total. The first kappa shape index (κ1) is 22.4. The van der Waals surface area contributed by atoms with Gasteiger partial charge in [-0.25, -0.2) is 0 Å². The summed E-state index contributed by atoms with van der Waals surface area (Å²) in [6, 6.07) is 10.8. The van der Waals surface area contributed by atoms with E-state index in [-0.39, 0.29) is 0 Å². The van der Waals surface area contributed by atoms with E-state index in [9.17, 15) is 4.39 Å². The Hall–Kier alpha value is -1.88. The topological polar surface area (TPSA) is 23.8 Å². The Balaban J connectivity index is 1.60. The van der Waals surface area contributed by atoms with E-state index in [0.29, 0.717) is 0 Å². The van der Waals surface area contributed by atoms with Crippen LogP contribution in [0.25, 0.3) is 0 Å². The highest BCUT2D eigenvalue weighted by molar-refractivity contribution is 5.22. The monoisotopic (exact) mass is 381 g/mol. The van der Waals surface area contributed by atoms with Gasteiger partial charge in [0.05, 0.1) is 0 Å². The molecule has 152 valence electrons. The van der Waals surface area contributed by atoms with Gasteiger partial charge in [0, 0.05) is 0 Å². The molecule has 0 saturated heterocycles. The molecule has 2 rings (SSSR count). The first-order valence-electron chi connectivity index (χ1n) is 11.2. The first-order chi connectivity index (χ1) is 13.7. The van der Waals surface area contributed by atoms with E-state index >= 15 is 0 Å². The molecule has 1 aliphatic carbocycles. The summed E-state index contributed by atoms with van der Waals surface area (Å²) >= 11 is 0. The van der Waals surface area contributed by atoms with E-state index in [0.717, 1.165) is 18.3 Å². The zero-order chi connectivity index (χ0) is 20.0. The molecule has 0 atom stereocenters. The molecule has 28 heavy (non-hydrogen) atoms. The Labute approximate surface area is 171 Å². The summed E-state index contributed by atoms with van der Waals surface area (Å²) in [6.07, 6.45) is 20.1. The predicted octanol–water partition coefficient (Wildman–Crippen LogP) is 7.87. The van der Waals surface area contributed by atoms with Gasteiger partial charge in [0.15, 0.2) is 5.83 Å². The number of allylic oxidation sites excluding steroid dienone is 4. The van der Waals surface area contributed by atoms with Crippen molar-refractivity contribution in [2.75, 3.05) is 0 Å². The van der Waals surface area contributed by atoms with Crippen LogP contribution in [0.5, 0.6) is 0 Å². The second-order valence-corrected chi connectivity index (χ2v) is 8.33. The van der Waals surface area contributed by atoms with Crippen LogP contribution in [0.3, 0.4) is 0 Å². The normalized spacial score (nSPS) is 20.4. The molecule has 1 aromatic rings. The minimum absolute atomic E-state index is 0.720. The van der Waals surface area contributed by atoms with Gasteiger partial charge in [-0.05, 0) is 67.6 Å². The van der Waals surface area contributed by atoms with E-state index in [1.165, 1.54) is 93.9 Å². The second kappa shape index (κ2) is 13.3. The fourth-order valence-corrected chi connectivity index (χ4v) is 4.25. The molecule has 0 bridgehead atoms. The quantitative estimate of drug-likeness (QED) is 0.217. The largest absolute Gasteiger partial charge is 0.199 e. The molecule has 0 aromatic heterocycles. The van der Waals surface area contributed by atoms with Crippen molar-refractivity contribution in [2.45, 2.75) is 84.0 Å². The van der Waals surface area contributed by atoms with Gasteiger partial charge in [-0.2, -0.15) is 9.65 Å². The summed E-state index contributed by atoms with van der Waals surface area (Å²) in [5.41, 5.74) is 2.97. The van der Waals surface area contributed by atoms with Crippen LogP contribution in [-0.2, 0) is 12.8 Å². The first-order valence-corrected chi connectivity index (χ1v) is 11.2. The van der Waals surface area contributed by atoms with Crippen LogP contribution in [0.1, 0.15) is 82.3 Å². The standard InChI is InChI=1S/C26H36FN/c1-2-3-5-8-22-11-15-24(16-12-22)19-20-25-17-13-23(14-18-25)9-6-4-7-10-26(27)21-28/h4,7,10-12,15-16,23,25H,2-3,5-6,8-9,13-14,17-20H2,1H3/b7-4+,26-10-. The Kier molecular flexibility index (Phi) is 10.7. The van der Waals surface area contributed by atoms with Crippen molar-refractivity contribution in [1.29, 1.82) is 5.26 Å². The summed E-state index contributed by atoms with van der Waals surface area (Å²) in [4.78, 5) is 0. The summed E-state index contributed by atoms with van der Waals surface area (Å²) in [6.45, 7) is 2.26.